The van der Waals surface area contributed by atoms with E-state index in [0.717, 1.165) is 45.6 Å². The summed E-state index contributed by atoms with van der Waals surface area (Å²) >= 11 is 0. The number of hydrogen-bond acceptors (Lipinski definition) is 4. The predicted octanol–water partition coefficient (Wildman–Crippen LogP) is 1.73. The summed E-state index contributed by atoms with van der Waals surface area (Å²) in [6.07, 6.45) is 2.17. The summed E-state index contributed by atoms with van der Waals surface area (Å²) < 4.78 is 5.47. The normalized spacial score (nSPS) is 22.3. The molecular formula is C17H29N3O. The van der Waals surface area contributed by atoms with Gasteiger partial charge >= 0.3 is 0 Å². The number of likely N-dealkylation sites (N-methyl/N-ethyl adjacent to an activating group) is 1. The van der Waals surface area contributed by atoms with Crippen molar-refractivity contribution in [2.75, 3.05) is 46.9 Å². The third kappa shape index (κ3) is 4.51. The first kappa shape index (κ1) is 16.4. The molecule has 1 fully saturated rings. The van der Waals surface area contributed by atoms with Gasteiger partial charge in [-0.15, -0.1) is 0 Å². The Morgan fingerprint density at radius 1 is 1.29 bits per heavy atom. The maximum absolute atomic E-state index is 5.70. The van der Waals surface area contributed by atoms with Crippen LogP contribution in [0.25, 0.3) is 0 Å². The van der Waals surface area contributed by atoms with Gasteiger partial charge in [-0.3, -0.25) is 4.90 Å². The van der Waals surface area contributed by atoms with Crippen LogP contribution < -0.4 is 5.73 Å². The second kappa shape index (κ2) is 8.49. The largest absolute Gasteiger partial charge is 0.383 e. The lowest BCUT2D eigenvalue weighted by molar-refractivity contribution is 0.0114. The second-order valence-electron chi connectivity index (χ2n) is 5.97. The number of methoxy groups -OCH3 is 1. The molecular weight excluding hydrogens is 262 g/mol. The van der Waals surface area contributed by atoms with Gasteiger partial charge in [0.2, 0.25) is 0 Å². The zero-order chi connectivity index (χ0) is 15.1. The number of nitrogens with two attached hydrogens (primary N) is 1. The maximum atomic E-state index is 5.70. The van der Waals surface area contributed by atoms with Gasteiger partial charge in [-0.2, -0.15) is 0 Å². The van der Waals surface area contributed by atoms with E-state index in [1.807, 2.05) is 0 Å². The average molecular weight is 291 g/mol. The molecule has 118 valence electrons. The zero-order valence-corrected chi connectivity index (χ0v) is 13.4. The van der Waals surface area contributed by atoms with Crippen molar-refractivity contribution in [3.63, 3.8) is 0 Å². The summed E-state index contributed by atoms with van der Waals surface area (Å²) in [6.45, 7) is 4.82. The van der Waals surface area contributed by atoms with Gasteiger partial charge in [0.05, 0.1) is 6.61 Å². The lowest BCUT2D eigenvalue weighted by Gasteiger charge is -2.44. The van der Waals surface area contributed by atoms with Crippen LogP contribution in [0.2, 0.25) is 0 Å². The van der Waals surface area contributed by atoms with E-state index in [1.165, 1.54) is 5.56 Å². The first-order chi connectivity index (χ1) is 10.3. The summed E-state index contributed by atoms with van der Waals surface area (Å²) in [6, 6.07) is 11.7. The third-order valence-electron chi connectivity index (χ3n) is 4.38. The molecule has 1 aliphatic heterocycles. The fourth-order valence-corrected chi connectivity index (χ4v) is 3.23. The highest BCUT2D eigenvalue weighted by Crippen LogP contribution is 2.28. The molecule has 2 atom stereocenters. The monoisotopic (exact) mass is 291 g/mol. The molecule has 0 aliphatic carbocycles. The highest BCUT2D eigenvalue weighted by Gasteiger charge is 2.31. The Balaban J connectivity index is 2.16. The van der Waals surface area contributed by atoms with E-state index >= 15 is 0 Å². The van der Waals surface area contributed by atoms with Gasteiger partial charge in [-0.25, -0.2) is 0 Å². The highest BCUT2D eigenvalue weighted by molar-refractivity contribution is 5.20. The van der Waals surface area contributed by atoms with Crippen LogP contribution in [0.1, 0.15) is 24.4 Å². The topological polar surface area (TPSA) is 41.7 Å². The van der Waals surface area contributed by atoms with Crippen molar-refractivity contribution in [1.82, 2.24) is 9.80 Å². The molecule has 21 heavy (non-hydrogen) atoms. The fourth-order valence-electron chi connectivity index (χ4n) is 3.23. The van der Waals surface area contributed by atoms with Gasteiger partial charge in [-0.05, 0) is 32.0 Å². The van der Waals surface area contributed by atoms with Crippen molar-refractivity contribution in [2.24, 2.45) is 5.73 Å². The number of hydrogen-bond donors (Lipinski definition) is 1. The van der Waals surface area contributed by atoms with Crippen LogP contribution >= 0.6 is 0 Å². The summed E-state index contributed by atoms with van der Waals surface area (Å²) in [4.78, 5) is 5.04. The molecule has 2 N–H and O–H groups in total. The van der Waals surface area contributed by atoms with Crippen molar-refractivity contribution in [1.29, 1.82) is 0 Å². The molecule has 0 saturated carbocycles. The molecule has 1 aromatic carbocycles. The van der Waals surface area contributed by atoms with E-state index < -0.39 is 0 Å². The van der Waals surface area contributed by atoms with Gasteiger partial charge in [0.1, 0.15) is 0 Å². The minimum Gasteiger partial charge on any atom is -0.383 e. The minimum atomic E-state index is 0.447. The van der Waals surface area contributed by atoms with Gasteiger partial charge in [0, 0.05) is 38.8 Å². The van der Waals surface area contributed by atoms with Gasteiger partial charge < -0.3 is 15.4 Å². The molecule has 1 heterocycles. The van der Waals surface area contributed by atoms with Crippen LogP contribution in [0.15, 0.2) is 30.3 Å². The Hall–Kier alpha value is -0.940. The molecule has 0 amide bonds. The second-order valence-corrected chi connectivity index (χ2v) is 5.97. The van der Waals surface area contributed by atoms with Crippen molar-refractivity contribution >= 4 is 0 Å². The van der Waals surface area contributed by atoms with Crippen LogP contribution in [0, 0.1) is 0 Å². The standard InChI is InChI=1S/C17H29N3O/c1-19-11-12-20(16(14-21-2)9-6-10-18)17(13-19)15-7-4-3-5-8-15/h3-5,7-8,16-17H,6,9-14,18H2,1-2H3. The van der Waals surface area contributed by atoms with Gasteiger partial charge in [0.15, 0.2) is 0 Å². The fraction of sp³-hybridized carbons (Fsp3) is 0.647. The van der Waals surface area contributed by atoms with Crippen molar-refractivity contribution in [3.05, 3.63) is 35.9 Å². The quantitative estimate of drug-likeness (QED) is 0.831. The molecule has 0 bridgehead atoms. The number of benzene rings is 1. The van der Waals surface area contributed by atoms with Crippen LogP contribution in [0.4, 0.5) is 0 Å². The number of nitrogens with zero attached hydrogens (tertiary/aromatic N) is 2. The highest BCUT2D eigenvalue weighted by atomic mass is 16.5. The molecule has 0 radical (unpaired) electrons. The minimum absolute atomic E-state index is 0.447. The third-order valence-corrected chi connectivity index (χ3v) is 4.38. The maximum Gasteiger partial charge on any atom is 0.0618 e. The molecule has 2 rings (SSSR count). The van der Waals surface area contributed by atoms with Crippen molar-refractivity contribution in [3.8, 4) is 0 Å². The zero-order valence-electron chi connectivity index (χ0n) is 13.4. The van der Waals surface area contributed by atoms with Crippen LogP contribution in [0.3, 0.4) is 0 Å². The van der Waals surface area contributed by atoms with Crippen LogP contribution in [0.5, 0.6) is 0 Å². The van der Waals surface area contributed by atoms with E-state index in [1.54, 1.807) is 7.11 Å². The van der Waals surface area contributed by atoms with E-state index in [-0.39, 0.29) is 0 Å². The van der Waals surface area contributed by atoms with E-state index in [2.05, 4.69) is 47.2 Å². The van der Waals surface area contributed by atoms with Crippen molar-refractivity contribution in [2.45, 2.75) is 24.9 Å². The first-order valence-corrected chi connectivity index (χ1v) is 7.94. The SMILES string of the molecule is COCC(CCCN)N1CCN(C)CC1c1ccccc1. The lowest BCUT2D eigenvalue weighted by Crippen LogP contribution is -2.52. The summed E-state index contributed by atoms with van der Waals surface area (Å²) in [5.41, 5.74) is 7.10. The molecule has 2 unspecified atom stereocenters. The predicted molar refractivity (Wildman–Crippen MR) is 87.3 cm³/mol. The average Bonchev–Trinajstić information content (AvgIpc) is 2.52. The van der Waals surface area contributed by atoms with Gasteiger partial charge in [-0.1, -0.05) is 30.3 Å². The molecule has 1 aromatic rings. The smallest absolute Gasteiger partial charge is 0.0618 e. The number of rotatable bonds is 7. The Morgan fingerprint density at radius 3 is 2.71 bits per heavy atom. The van der Waals surface area contributed by atoms with Crippen molar-refractivity contribution < 1.29 is 4.74 Å². The van der Waals surface area contributed by atoms with E-state index in [0.29, 0.717) is 12.1 Å². The molecule has 1 aliphatic rings. The Morgan fingerprint density at radius 2 is 2.05 bits per heavy atom. The van der Waals surface area contributed by atoms with E-state index in [4.69, 9.17) is 10.5 Å². The molecule has 4 nitrogen and oxygen atoms in total. The lowest BCUT2D eigenvalue weighted by atomic mass is 9.98. The van der Waals surface area contributed by atoms with Gasteiger partial charge in [0.25, 0.3) is 0 Å². The Labute approximate surface area is 128 Å². The summed E-state index contributed by atoms with van der Waals surface area (Å²) in [5.74, 6) is 0. The van der Waals surface area contributed by atoms with Crippen LogP contribution in [-0.2, 0) is 4.74 Å². The molecule has 0 aromatic heterocycles. The molecule has 1 saturated heterocycles. The number of piperazine rings is 1. The summed E-state index contributed by atoms with van der Waals surface area (Å²) in [5, 5.41) is 0. The Kier molecular flexibility index (Phi) is 6.64. The Bertz CT molecular complexity index is 398. The summed E-state index contributed by atoms with van der Waals surface area (Å²) in [7, 11) is 4.00. The van der Waals surface area contributed by atoms with Crippen LogP contribution in [-0.4, -0.2) is 62.8 Å². The first-order valence-electron chi connectivity index (χ1n) is 7.94. The molecule has 4 heteroatoms. The number of ether oxygens (including phenoxy) is 1. The molecule has 0 spiro atoms. The van der Waals surface area contributed by atoms with E-state index in [9.17, 15) is 0 Å².